The summed E-state index contributed by atoms with van der Waals surface area (Å²) in [4.78, 5) is 24.7. The predicted octanol–water partition coefficient (Wildman–Crippen LogP) is 30.3. The molecule has 0 unspecified atom stereocenters. The molecular weight excluding hydrogens is 1470 g/mol. The summed E-state index contributed by atoms with van der Waals surface area (Å²) in [7, 11) is 0. The summed E-state index contributed by atoms with van der Waals surface area (Å²) >= 11 is 0. The molecule has 0 aliphatic carbocycles. The van der Waals surface area contributed by atoms with Crippen molar-refractivity contribution in [1.82, 2.24) is 24.9 Å². The van der Waals surface area contributed by atoms with Crippen molar-refractivity contribution in [2.45, 2.75) is 0 Å². The van der Waals surface area contributed by atoms with Crippen molar-refractivity contribution in [2.75, 3.05) is 0 Å². The minimum absolute atomic E-state index is 0.634. The Kier molecular flexibility index (Phi) is 16.7. The minimum atomic E-state index is 0.634. The van der Waals surface area contributed by atoms with Gasteiger partial charge in [0.15, 0.2) is 23.3 Å². The predicted molar refractivity (Wildman–Crippen MR) is 491 cm³/mol. The number of rotatable bonds is 12. The van der Waals surface area contributed by atoms with Gasteiger partial charge in [0.25, 0.3) is 0 Å². The summed E-state index contributed by atoms with van der Waals surface area (Å²) in [6.45, 7) is 0. The average Bonchev–Trinajstić information content (AvgIpc) is 1.56. The summed E-state index contributed by atoms with van der Waals surface area (Å²) in [6, 6.07) is 141. The summed E-state index contributed by atoms with van der Waals surface area (Å²) in [5, 5.41) is 13.2. The monoisotopic (exact) mass is 1530 g/mol. The molecule has 0 N–H and O–H groups in total. The number of nitrogens with zero attached hydrogens (tertiary/aromatic N) is 5. The van der Waals surface area contributed by atoms with Gasteiger partial charge in [-0.25, -0.2) is 24.9 Å². The highest BCUT2D eigenvalue weighted by Gasteiger charge is 2.25. The third kappa shape index (κ3) is 12.1. The van der Waals surface area contributed by atoms with Crippen molar-refractivity contribution in [3.8, 4) is 135 Å². The number of hydrogen-bond acceptors (Lipinski definition) is 9. The van der Waals surface area contributed by atoms with Gasteiger partial charge in [-0.2, -0.15) is 0 Å². The first-order chi connectivity index (χ1) is 59.5. The number of para-hydroxylation sites is 4. The van der Waals surface area contributed by atoms with Crippen molar-refractivity contribution in [3.05, 3.63) is 406 Å². The van der Waals surface area contributed by atoms with E-state index < -0.39 is 0 Å². The summed E-state index contributed by atoms with van der Waals surface area (Å²) in [5.41, 5.74) is 28.1. The van der Waals surface area contributed by atoms with E-state index in [-0.39, 0.29) is 0 Å². The third-order valence-corrected chi connectivity index (χ3v) is 23.3. The third-order valence-electron chi connectivity index (χ3n) is 23.3. The normalized spacial score (nSPS) is 11.7. The van der Waals surface area contributed by atoms with Crippen LogP contribution in [-0.2, 0) is 0 Å². The zero-order valence-electron chi connectivity index (χ0n) is 64.6. The maximum absolute atomic E-state index is 6.73. The standard InChI is InChI=1S/C56H34N2O2.C55H33N3O2/c1-3-13-38(14-4-1)49-34-50(58-56(57-49)40-15-5-2-6-16-40)39-31-27-36(28-32-39)35-25-29-37(30-26-35)41-20-12-24-52-53(41)48-33-47(42-17-7-8-19-44(42)55(48)60-52)46-22-11-21-45-43-18-9-10-23-51(43)59-54(45)46;1-3-13-37(14-4-1)53-56-54(38-15-5-2-6-16-38)58-55(57-53)39-31-27-35(28-32-39)34-25-29-36(30-26-34)40-20-12-24-49-50(40)47-33-46(41-17-7-8-19-43(41)52(47)60-49)45-22-11-21-44-42-18-9-10-23-48(42)59-51(44)45/h1-34H;1-33H. The van der Waals surface area contributed by atoms with E-state index in [1.165, 1.54) is 0 Å². The van der Waals surface area contributed by atoms with Crippen LogP contribution in [0.15, 0.2) is 424 Å². The molecule has 0 aliphatic rings. The number of fused-ring (bicyclic) bond motifs is 16. The first-order valence-corrected chi connectivity index (χ1v) is 40.3. The molecule has 0 spiro atoms. The number of furan rings is 4. The molecule has 0 radical (unpaired) electrons. The van der Waals surface area contributed by atoms with Gasteiger partial charge in [0.1, 0.15) is 44.7 Å². The smallest absolute Gasteiger partial charge is 0.164 e. The molecule has 24 aromatic rings. The van der Waals surface area contributed by atoms with Crippen molar-refractivity contribution in [1.29, 1.82) is 0 Å². The van der Waals surface area contributed by atoms with Crippen LogP contribution in [0.2, 0.25) is 0 Å². The van der Waals surface area contributed by atoms with E-state index >= 15 is 0 Å². The topological polar surface area (TPSA) is 117 Å². The van der Waals surface area contributed by atoms with Gasteiger partial charge in [-0.1, -0.05) is 364 Å². The highest BCUT2D eigenvalue weighted by molar-refractivity contribution is 6.26. The van der Waals surface area contributed by atoms with E-state index in [4.69, 9.17) is 42.6 Å². The second-order valence-corrected chi connectivity index (χ2v) is 30.4. The first-order valence-electron chi connectivity index (χ1n) is 40.3. The Morgan fingerprint density at radius 3 is 0.800 bits per heavy atom. The number of aromatic nitrogens is 5. The molecule has 6 aromatic heterocycles. The SMILES string of the molecule is c1ccc(-c2cc(-c3ccc(-c4ccc(-c5cccc6oc7c8ccccc8c(-c8cccc9c8oc8ccccc89)cc7c56)cc4)cc3)nc(-c3ccccc3)n2)cc1.c1ccc(-c2nc(-c3ccccc3)nc(-c3ccc(-c4ccc(-c5cccc6oc7c8ccccc8c(-c8cccc9c8oc8ccccc89)cc7c56)cc4)cc3)n2)cc1. The van der Waals surface area contributed by atoms with E-state index in [9.17, 15) is 0 Å². The summed E-state index contributed by atoms with van der Waals surface area (Å²) in [6.07, 6.45) is 0. The van der Waals surface area contributed by atoms with Crippen molar-refractivity contribution < 1.29 is 17.7 Å². The molecule has 560 valence electrons. The lowest BCUT2D eigenvalue weighted by Crippen LogP contribution is -2.00. The molecule has 0 atom stereocenters. The second-order valence-electron chi connectivity index (χ2n) is 30.4. The van der Waals surface area contributed by atoms with Gasteiger partial charge in [0.2, 0.25) is 0 Å². The molecule has 0 aliphatic heterocycles. The molecule has 120 heavy (non-hydrogen) atoms. The number of hydrogen-bond donors (Lipinski definition) is 0. The molecule has 6 heterocycles. The van der Waals surface area contributed by atoms with Gasteiger partial charge >= 0.3 is 0 Å². The van der Waals surface area contributed by atoms with Crippen molar-refractivity contribution >= 4 is 109 Å². The zero-order valence-corrected chi connectivity index (χ0v) is 64.6. The lowest BCUT2D eigenvalue weighted by molar-refractivity contribution is 0.669. The second kappa shape index (κ2) is 28.9. The van der Waals surface area contributed by atoms with Crippen LogP contribution < -0.4 is 0 Å². The van der Waals surface area contributed by atoms with Gasteiger partial charge in [-0.3, -0.25) is 0 Å². The van der Waals surface area contributed by atoms with Crippen LogP contribution in [-0.4, -0.2) is 24.9 Å². The quantitative estimate of drug-likeness (QED) is 0.118. The summed E-state index contributed by atoms with van der Waals surface area (Å²) in [5.74, 6) is 2.63. The molecule has 24 rings (SSSR count). The number of benzene rings is 18. The van der Waals surface area contributed by atoms with Crippen LogP contribution in [0, 0.1) is 0 Å². The molecule has 9 heteroatoms. The fraction of sp³-hybridized carbons (Fsp3) is 0. The largest absolute Gasteiger partial charge is 0.455 e. The molecule has 0 fully saturated rings. The van der Waals surface area contributed by atoms with Crippen molar-refractivity contribution in [2.24, 2.45) is 0 Å². The highest BCUT2D eigenvalue weighted by atomic mass is 16.3. The maximum Gasteiger partial charge on any atom is 0.164 e. The summed E-state index contributed by atoms with van der Waals surface area (Å²) < 4.78 is 26.5. The van der Waals surface area contributed by atoms with Gasteiger partial charge in [-0.05, 0) is 109 Å². The highest BCUT2D eigenvalue weighted by Crippen LogP contribution is 2.49. The molecule has 0 saturated heterocycles. The van der Waals surface area contributed by atoms with Crippen molar-refractivity contribution in [3.63, 3.8) is 0 Å². The fourth-order valence-corrected chi connectivity index (χ4v) is 17.5. The first kappa shape index (κ1) is 69.3. The van der Waals surface area contributed by atoms with E-state index in [1.807, 2.05) is 121 Å². The Morgan fingerprint density at radius 2 is 0.400 bits per heavy atom. The molecule has 18 aromatic carbocycles. The molecule has 0 bridgehead atoms. The fourth-order valence-electron chi connectivity index (χ4n) is 17.5. The average molecular weight is 1530 g/mol. The Labute approximate surface area is 688 Å². The molecule has 9 nitrogen and oxygen atoms in total. The van der Waals surface area contributed by atoms with E-state index in [0.717, 1.165) is 221 Å². The molecule has 0 saturated carbocycles. The van der Waals surface area contributed by atoms with E-state index in [1.54, 1.807) is 0 Å². The van der Waals surface area contributed by atoms with Gasteiger partial charge in [0.05, 0.1) is 11.4 Å². The van der Waals surface area contributed by atoms with Crippen LogP contribution in [0.3, 0.4) is 0 Å². The van der Waals surface area contributed by atoms with E-state index in [2.05, 4.69) is 285 Å². The van der Waals surface area contributed by atoms with Crippen LogP contribution in [0.1, 0.15) is 0 Å². The minimum Gasteiger partial charge on any atom is -0.455 e. The Morgan fingerprint density at radius 1 is 0.142 bits per heavy atom. The molecule has 0 amide bonds. The van der Waals surface area contributed by atoms with E-state index in [0.29, 0.717) is 23.3 Å². The Balaban J connectivity index is 0.000000140. The maximum atomic E-state index is 6.73. The Bertz CT molecular complexity index is 7500. The molecular formula is C111H67N5O4. The van der Waals surface area contributed by atoms with Gasteiger partial charge < -0.3 is 17.7 Å². The zero-order chi connectivity index (χ0) is 79.1. The lowest BCUT2D eigenvalue weighted by atomic mass is 9.92. The van der Waals surface area contributed by atoms with Crippen LogP contribution in [0.5, 0.6) is 0 Å². The van der Waals surface area contributed by atoms with Crippen LogP contribution >= 0.6 is 0 Å². The van der Waals surface area contributed by atoms with Gasteiger partial charge in [-0.15, -0.1) is 0 Å². The lowest BCUT2D eigenvalue weighted by Gasteiger charge is -2.11. The van der Waals surface area contributed by atoms with Crippen LogP contribution in [0.25, 0.3) is 244 Å². The Hall–Kier alpha value is -16.2. The van der Waals surface area contributed by atoms with Crippen LogP contribution in [0.4, 0.5) is 0 Å². The van der Waals surface area contributed by atoms with Gasteiger partial charge in [0, 0.05) is 98.4 Å².